The molecule has 7 heteroatoms. The molecule has 1 rings (SSSR count). The molecule has 0 atom stereocenters. The normalized spacial score (nSPS) is 11.9. The topological polar surface area (TPSA) is 58.6 Å². The number of rotatable bonds is 9. The fourth-order valence-corrected chi connectivity index (χ4v) is 3.72. The molecule has 0 heterocycles. The molecule has 0 saturated heterocycles. The van der Waals surface area contributed by atoms with E-state index in [2.05, 4.69) is 39.4 Å². The molecular formula is C14H23BrN2O3S. The van der Waals surface area contributed by atoms with Gasteiger partial charge in [0.1, 0.15) is 5.75 Å². The van der Waals surface area contributed by atoms with E-state index in [1.54, 1.807) is 19.2 Å². The molecule has 5 nitrogen and oxygen atoms in total. The lowest BCUT2D eigenvalue weighted by atomic mass is 10.3. The third-order valence-corrected chi connectivity index (χ3v) is 5.22. The second kappa shape index (κ2) is 8.73. The van der Waals surface area contributed by atoms with E-state index < -0.39 is 10.0 Å². The van der Waals surface area contributed by atoms with Crippen LogP contribution in [0, 0.1) is 0 Å². The van der Waals surface area contributed by atoms with Gasteiger partial charge in [0.25, 0.3) is 0 Å². The van der Waals surface area contributed by atoms with Crippen molar-refractivity contribution in [1.82, 2.24) is 9.62 Å². The summed E-state index contributed by atoms with van der Waals surface area (Å²) < 4.78 is 32.8. The van der Waals surface area contributed by atoms with Gasteiger partial charge in [0.15, 0.2) is 0 Å². The number of ether oxygens (including phenoxy) is 1. The van der Waals surface area contributed by atoms with Gasteiger partial charge in [-0.05, 0) is 53.6 Å². The summed E-state index contributed by atoms with van der Waals surface area (Å²) in [7, 11) is -1.95. The molecule has 0 saturated carbocycles. The highest BCUT2D eigenvalue weighted by atomic mass is 79.9. The van der Waals surface area contributed by atoms with Gasteiger partial charge in [0.05, 0.1) is 16.5 Å². The second-order valence-electron chi connectivity index (χ2n) is 4.63. The van der Waals surface area contributed by atoms with Crippen molar-refractivity contribution in [3.05, 3.63) is 22.7 Å². The van der Waals surface area contributed by atoms with Crippen molar-refractivity contribution >= 4 is 26.0 Å². The van der Waals surface area contributed by atoms with Crippen LogP contribution in [-0.4, -0.2) is 46.6 Å². The number of nitrogens with zero attached hydrogens (tertiary/aromatic N) is 1. The number of sulfonamides is 1. The Labute approximate surface area is 135 Å². The first-order valence-corrected chi connectivity index (χ1v) is 9.27. The SMILES string of the molecule is CCCN(CC)CCNS(=O)(=O)c1ccc(OC)c(Br)c1. The molecular weight excluding hydrogens is 356 g/mol. The van der Waals surface area contributed by atoms with E-state index in [0.29, 0.717) is 23.3 Å². The maximum Gasteiger partial charge on any atom is 0.240 e. The number of halogens is 1. The van der Waals surface area contributed by atoms with Crippen LogP contribution in [0.4, 0.5) is 0 Å². The third kappa shape index (κ3) is 5.58. The molecule has 21 heavy (non-hydrogen) atoms. The van der Waals surface area contributed by atoms with E-state index in [0.717, 1.165) is 19.5 Å². The highest BCUT2D eigenvalue weighted by Gasteiger charge is 2.15. The van der Waals surface area contributed by atoms with E-state index in [1.165, 1.54) is 6.07 Å². The first-order chi connectivity index (χ1) is 9.94. The van der Waals surface area contributed by atoms with Crippen molar-refractivity contribution in [2.45, 2.75) is 25.2 Å². The van der Waals surface area contributed by atoms with Crippen LogP contribution in [0.15, 0.2) is 27.6 Å². The highest BCUT2D eigenvalue weighted by Crippen LogP contribution is 2.27. The Kier molecular flexibility index (Phi) is 7.65. The third-order valence-electron chi connectivity index (χ3n) is 3.14. The van der Waals surface area contributed by atoms with Crippen LogP contribution < -0.4 is 9.46 Å². The van der Waals surface area contributed by atoms with Crippen molar-refractivity contribution < 1.29 is 13.2 Å². The van der Waals surface area contributed by atoms with Crippen molar-refractivity contribution in [2.75, 3.05) is 33.3 Å². The van der Waals surface area contributed by atoms with Gasteiger partial charge in [-0.2, -0.15) is 0 Å². The quantitative estimate of drug-likeness (QED) is 0.716. The Bertz CT molecular complexity index is 549. The summed E-state index contributed by atoms with van der Waals surface area (Å²) in [6.45, 7) is 7.20. The van der Waals surface area contributed by atoms with Crippen LogP contribution in [0.3, 0.4) is 0 Å². The molecule has 0 unspecified atom stereocenters. The van der Waals surface area contributed by atoms with Crippen LogP contribution in [0.25, 0.3) is 0 Å². The molecule has 1 aromatic carbocycles. The zero-order valence-electron chi connectivity index (χ0n) is 12.7. The summed E-state index contributed by atoms with van der Waals surface area (Å²) in [4.78, 5) is 2.45. The van der Waals surface area contributed by atoms with E-state index >= 15 is 0 Å². The predicted molar refractivity (Wildman–Crippen MR) is 88.3 cm³/mol. The van der Waals surface area contributed by atoms with Crippen LogP contribution >= 0.6 is 15.9 Å². The first-order valence-electron chi connectivity index (χ1n) is 7.00. The lowest BCUT2D eigenvalue weighted by Crippen LogP contribution is -2.35. The molecule has 1 aromatic rings. The standard InChI is InChI=1S/C14H23BrN2O3S/c1-4-9-17(5-2)10-8-16-21(18,19)12-6-7-14(20-3)13(15)11-12/h6-7,11,16H,4-5,8-10H2,1-3H3. The van der Waals surface area contributed by atoms with Gasteiger partial charge in [0.2, 0.25) is 10.0 Å². The summed E-state index contributed by atoms with van der Waals surface area (Å²) in [6.07, 6.45) is 1.06. The Morgan fingerprint density at radius 2 is 2.00 bits per heavy atom. The molecule has 0 aliphatic heterocycles. The van der Waals surface area contributed by atoms with Gasteiger partial charge in [-0.15, -0.1) is 0 Å². The first kappa shape index (κ1) is 18.4. The van der Waals surface area contributed by atoms with Crippen LogP contribution in [0.5, 0.6) is 5.75 Å². The fourth-order valence-electron chi connectivity index (χ4n) is 1.98. The smallest absolute Gasteiger partial charge is 0.240 e. The van der Waals surface area contributed by atoms with Gasteiger partial charge < -0.3 is 9.64 Å². The number of methoxy groups -OCH3 is 1. The number of hydrogen-bond acceptors (Lipinski definition) is 4. The summed E-state index contributed by atoms with van der Waals surface area (Å²) in [5, 5.41) is 0. The minimum atomic E-state index is -3.49. The van der Waals surface area contributed by atoms with Crippen LogP contribution in [0.1, 0.15) is 20.3 Å². The summed E-state index contributed by atoms with van der Waals surface area (Å²) in [6, 6.07) is 4.72. The Hall–Kier alpha value is -0.630. The van der Waals surface area contributed by atoms with Crippen LogP contribution in [0.2, 0.25) is 0 Å². The Balaban J connectivity index is 2.67. The summed E-state index contributed by atoms with van der Waals surface area (Å²) in [5.74, 6) is 0.606. The second-order valence-corrected chi connectivity index (χ2v) is 7.25. The minimum Gasteiger partial charge on any atom is -0.496 e. The van der Waals surface area contributed by atoms with Crippen molar-refractivity contribution in [3.8, 4) is 5.75 Å². The summed E-state index contributed by atoms with van der Waals surface area (Å²) >= 11 is 3.30. The molecule has 0 amide bonds. The molecule has 0 fully saturated rings. The largest absolute Gasteiger partial charge is 0.496 e. The maximum absolute atomic E-state index is 12.2. The van der Waals surface area contributed by atoms with E-state index in [9.17, 15) is 8.42 Å². The molecule has 0 aliphatic carbocycles. The number of likely N-dealkylation sites (N-methyl/N-ethyl adjacent to an activating group) is 1. The molecule has 0 aliphatic rings. The van der Waals surface area contributed by atoms with Gasteiger partial charge in [-0.1, -0.05) is 13.8 Å². The Morgan fingerprint density at radius 1 is 1.29 bits per heavy atom. The van der Waals surface area contributed by atoms with Crippen LogP contribution in [-0.2, 0) is 10.0 Å². The fraction of sp³-hybridized carbons (Fsp3) is 0.571. The summed E-state index contributed by atoms with van der Waals surface area (Å²) in [5.41, 5.74) is 0. The molecule has 120 valence electrons. The average Bonchev–Trinajstić information content (AvgIpc) is 2.46. The van der Waals surface area contributed by atoms with E-state index in [-0.39, 0.29) is 4.90 Å². The highest BCUT2D eigenvalue weighted by molar-refractivity contribution is 9.10. The Morgan fingerprint density at radius 3 is 2.52 bits per heavy atom. The predicted octanol–water partition coefficient (Wildman–Crippen LogP) is 2.47. The lowest BCUT2D eigenvalue weighted by molar-refractivity contribution is 0.293. The van der Waals surface area contributed by atoms with Crippen molar-refractivity contribution in [3.63, 3.8) is 0 Å². The number of benzene rings is 1. The van der Waals surface area contributed by atoms with Crippen molar-refractivity contribution in [2.24, 2.45) is 0 Å². The van der Waals surface area contributed by atoms with Crippen molar-refractivity contribution in [1.29, 1.82) is 0 Å². The monoisotopic (exact) mass is 378 g/mol. The lowest BCUT2D eigenvalue weighted by Gasteiger charge is -2.19. The minimum absolute atomic E-state index is 0.230. The zero-order valence-corrected chi connectivity index (χ0v) is 15.1. The number of nitrogens with one attached hydrogen (secondary N) is 1. The molecule has 0 aromatic heterocycles. The van der Waals surface area contributed by atoms with Gasteiger partial charge >= 0.3 is 0 Å². The molecule has 0 spiro atoms. The van der Waals surface area contributed by atoms with E-state index in [4.69, 9.17) is 4.74 Å². The number of hydrogen-bond donors (Lipinski definition) is 1. The van der Waals surface area contributed by atoms with E-state index in [1.807, 2.05) is 0 Å². The average molecular weight is 379 g/mol. The van der Waals surface area contributed by atoms with Gasteiger partial charge in [-0.3, -0.25) is 0 Å². The molecule has 1 N–H and O–H groups in total. The van der Waals surface area contributed by atoms with Gasteiger partial charge in [0, 0.05) is 13.1 Å². The maximum atomic E-state index is 12.2. The zero-order chi connectivity index (χ0) is 15.9. The molecule has 0 bridgehead atoms. The van der Waals surface area contributed by atoms with Gasteiger partial charge in [-0.25, -0.2) is 13.1 Å². The molecule has 0 radical (unpaired) electrons.